The number of hydrazine groups is 1. The molecule has 1 amide bonds. The van der Waals surface area contributed by atoms with Crippen LogP contribution in [-0.4, -0.2) is 41.7 Å². The predicted octanol–water partition coefficient (Wildman–Crippen LogP) is 3.08. The standard InChI is InChI=1S/C22H24N4O4/c1-4-30-17-7-5-16(6-8-17)20-12-24-13-21(25-20)22(27)26(23)14-15-9-18(28-2)11-19(10-15)29-3/h5-13H,4,14,23H2,1-3H3. The van der Waals surface area contributed by atoms with Gasteiger partial charge in [0.15, 0.2) is 0 Å². The van der Waals surface area contributed by atoms with E-state index in [2.05, 4.69) is 9.97 Å². The van der Waals surface area contributed by atoms with Crippen LogP contribution in [0.1, 0.15) is 23.0 Å². The highest BCUT2D eigenvalue weighted by molar-refractivity contribution is 5.92. The van der Waals surface area contributed by atoms with Crippen LogP contribution in [0, 0.1) is 0 Å². The first kappa shape index (κ1) is 21.1. The number of nitrogens with zero attached hydrogens (tertiary/aromatic N) is 3. The highest BCUT2D eigenvalue weighted by Gasteiger charge is 2.17. The predicted molar refractivity (Wildman–Crippen MR) is 112 cm³/mol. The number of hydrogen-bond acceptors (Lipinski definition) is 7. The fraction of sp³-hybridized carbons (Fsp3) is 0.227. The van der Waals surface area contributed by atoms with Crippen LogP contribution in [-0.2, 0) is 6.54 Å². The van der Waals surface area contributed by atoms with E-state index in [-0.39, 0.29) is 12.2 Å². The van der Waals surface area contributed by atoms with Crippen LogP contribution in [0.5, 0.6) is 17.2 Å². The third-order valence-electron chi connectivity index (χ3n) is 4.34. The van der Waals surface area contributed by atoms with Crippen molar-refractivity contribution in [2.75, 3.05) is 20.8 Å². The summed E-state index contributed by atoms with van der Waals surface area (Å²) < 4.78 is 16.0. The second-order valence-corrected chi connectivity index (χ2v) is 6.40. The van der Waals surface area contributed by atoms with Crippen LogP contribution < -0.4 is 20.1 Å². The molecule has 0 spiro atoms. The maximum Gasteiger partial charge on any atom is 0.288 e. The molecule has 0 bridgehead atoms. The minimum absolute atomic E-state index is 0.152. The molecule has 3 aromatic rings. The third kappa shape index (κ3) is 5.03. The van der Waals surface area contributed by atoms with E-state index in [1.807, 2.05) is 31.2 Å². The van der Waals surface area contributed by atoms with Gasteiger partial charge in [-0.15, -0.1) is 0 Å². The van der Waals surface area contributed by atoms with Gasteiger partial charge in [0, 0.05) is 11.6 Å². The Labute approximate surface area is 175 Å². The number of aromatic nitrogens is 2. The van der Waals surface area contributed by atoms with Crippen molar-refractivity contribution in [3.05, 3.63) is 66.1 Å². The van der Waals surface area contributed by atoms with E-state index in [9.17, 15) is 4.79 Å². The van der Waals surface area contributed by atoms with E-state index in [0.717, 1.165) is 21.9 Å². The lowest BCUT2D eigenvalue weighted by Gasteiger charge is -2.17. The van der Waals surface area contributed by atoms with Gasteiger partial charge in [-0.05, 0) is 48.9 Å². The lowest BCUT2D eigenvalue weighted by Crippen LogP contribution is -2.37. The summed E-state index contributed by atoms with van der Waals surface area (Å²) in [5, 5.41) is 1.08. The average molecular weight is 408 g/mol. The van der Waals surface area contributed by atoms with E-state index < -0.39 is 5.91 Å². The second-order valence-electron chi connectivity index (χ2n) is 6.40. The van der Waals surface area contributed by atoms with Crippen molar-refractivity contribution < 1.29 is 19.0 Å². The number of hydrogen-bond donors (Lipinski definition) is 1. The second kappa shape index (κ2) is 9.71. The maximum absolute atomic E-state index is 12.8. The smallest absolute Gasteiger partial charge is 0.288 e. The summed E-state index contributed by atoms with van der Waals surface area (Å²) in [5.74, 6) is 7.57. The molecule has 2 aromatic carbocycles. The molecule has 0 aliphatic carbocycles. The minimum atomic E-state index is -0.447. The van der Waals surface area contributed by atoms with Gasteiger partial charge in [-0.25, -0.2) is 10.8 Å². The molecular weight excluding hydrogens is 384 g/mol. The lowest BCUT2D eigenvalue weighted by molar-refractivity contribution is 0.0736. The summed E-state index contributed by atoms with van der Waals surface area (Å²) in [4.78, 5) is 21.4. The molecule has 0 aliphatic rings. The molecular formula is C22H24N4O4. The fourth-order valence-electron chi connectivity index (χ4n) is 2.87. The number of benzene rings is 2. The van der Waals surface area contributed by atoms with Gasteiger partial charge in [-0.1, -0.05) is 0 Å². The van der Waals surface area contributed by atoms with Gasteiger partial charge in [0.25, 0.3) is 5.91 Å². The monoisotopic (exact) mass is 408 g/mol. The average Bonchev–Trinajstić information content (AvgIpc) is 2.79. The van der Waals surface area contributed by atoms with Gasteiger partial charge in [-0.3, -0.25) is 14.8 Å². The van der Waals surface area contributed by atoms with Gasteiger partial charge >= 0.3 is 0 Å². The SMILES string of the molecule is CCOc1ccc(-c2cncc(C(=O)N(N)Cc3cc(OC)cc(OC)c3)n2)cc1. The van der Waals surface area contributed by atoms with Crippen LogP contribution in [0.3, 0.4) is 0 Å². The number of carbonyl (C=O) groups excluding carboxylic acids is 1. The highest BCUT2D eigenvalue weighted by atomic mass is 16.5. The fourth-order valence-corrected chi connectivity index (χ4v) is 2.87. The minimum Gasteiger partial charge on any atom is -0.497 e. The molecule has 0 unspecified atom stereocenters. The Morgan fingerprint density at radius 1 is 1.00 bits per heavy atom. The van der Waals surface area contributed by atoms with Crippen LogP contribution in [0.4, 0.5) is 0 Å². The molecule has 156 valence electrons. The largest absolute Gasteiger partial charge is 0.497 e. The molecule has 2 N–H and O–H groups in total. The normalized spacial score (nSPS) is 10.4. The zero-order chi connectivity index (χ0) is 21.5. The molecule has 1 heterocycles. The van der Waals surface area contributed by atoms with Crippen LogP contribution >= 0.6 is 0 Å². The number of methoxy groups -OCH3 is 2. The number of ether oxygens (including phenoxy) is 3. The number of rotatable bonds is 8. The molecule has 8 nitrogen and oxygen atoms in total. The Kier molecular flexibility index (Phi) is 6.82. The lowest BCUT2D eigenvalue weighted by atomic mass is 10.1. The van der Waals surface area contributed by atoms with Crippen LogP contribution in [0.15, 0.2) is 54.9 Å². The summed E-state index contributed by atoms with van der Waals surface area (Å²) in [6.45, 7) is 2.67. The number of carbonyl (C=O) groups is 1. The van der Waals surface area contributed by atoms with Crippen LogP contribution in [0.25, 0.3) is 11.3 Å². The van der Waals surface area contributed by atoms with Gasteiger partial charge < -0.3 is 14.2 Å². The van der Waals surface area contributed by atoms with Crippen molar-refractivity contribution in [2.45, 2.75) is 13.5 Å². The molecule has 30 heavy (non-hydrogen) atoms. The summed E-state index contributed by atoms with van der Waals surface area (Å²) in [7, 11) is 3.12. The summed E-state index contributed by atoms with van der Waals surface area (Å²) in [5.41, 5.74) is 2.30. The maximum atomic E-state index is 12.8. The molecule has 0 radical (unpaired) electrons. The van der Waals surface area contributed by atoms with E-state index in [1.54, 1.807) is 38.6 Å². The first-order valence-electron chi connectivity index (χ1n) is 9.37. The van der Waals surface area contributed by atoms with Gasteiger partial charge in [0.05, 0.1) is 45.5 Å². The summed E-state index contributed by atoms with van der Waals surface area (Å²) >= 11 is 0. The molecule has 0 saturated carbocycles. The molecule has 0 atom stereocenters. The Morgan fingerprint density at radius 3 is 2.27 bits per heavy atom. The molecule has 1 aromatic heterocycles. The van der Waals surface area contributed by atoms with E-state index in [1.165, 1.54) is 6.20 Å². The van der Waals surface area contributed by atoms with Crippen molar-refractivity contribution in [3.63, 3.8) is 0 Å². The Hall–Kier alpha value is -3.65. The zero-order valence-corrected chi connectivity index (χ0v) is 17.2. The first-order valence-corrected chi connectivity index (χ1v) is 9.37. The Morgan fingerprint density at radius 2 is 1.67 bits per heavy atom. The first-order chi connectivity index (χ1) is 14.5. The molecule has 3 rings (SSSR count). The Balaban J connectivity index is 1.77. The molecule has 0 fully saturated rings. The van der Waals surface area contributed by atoms with Crippen LogP contribution in [0.2, 0.25) is 0 Å². The van der Waals surface area contributed by atoms with Gasteiger partial charge in [-0.2, -0.15) is 0 Å². The summed E-state index contributed by atoms with van der Waals surface area (Å²) in [6, 6.07) is 12.8. The molecule has 0 saturated heterocycles. The Bertz CT molecular complexity index is 986. The van der Waals surface area contributed by atoms with E-state index in [0.29, 0.717) is 23.8 Å². The van der Waals surface area contributed by atoms with Crippen molar-refractivity contribution in [3.8, 4) is 28.5 Å². The molecule has 0 aliphatic heterocycles. The zero-order valence-electron chi connectivity index (χ0n) is 17.2. The van der Waals surface area contributed by atoms with Gasteiger partial charge in [0.1, 0.15) is 22.9 Å². The number of nitrogens with two attached hydrogens (primary N) is 1. The van der Waals surface area contributed by atoms with Crippen molar-refractivity contribution in [1.82, 2.24) is 15.0 Å². The topological polar surface area (TPSA) is 99.8 Å². The highest BCUT2D eigenvalue weighted by Crippen LogP contribution is 2.24. The van der Waals surface area contributed by atoms with Crippen molar-refractivity contribution in [2.24, 2.45) is 5.84 Å². The van der Waals surface area contributed by atoms with E-state index >= 15 is 0 Å². The molecule has 8 heteroatoms. The third-order valence-corrected chi connectivity index (χ3v) is 4.34. The van der Waals surface area contributed by atoms with Crippen molar-refractivity contribution >= 4 is 5.91 Å². The van der Waals surface area contributed by atoms with E-state index in [4.69, 9.17) is 20.1 Å². The quantitative estimate of drug-likeness (QED) is 0.347. The summed E-state index contributed by atoms with van der Waals surface area (Å²) in [6.07, 6.45) is 2.99. The van der Waals surface area contributed by atoms with Crippen molar-refractivity contribution in [1.29, 1.82) is 0 Å². The number of amides is 1. The van der Waals surface area contributed by atoms with Gasteiger partial charge in [0.2, 0.25) is 0 Å².